The minimum absolute atomic E-state index is 0.0665. The first-order valence-corrected chi connectivity index (χ1v) is 11.1. The van der Waals surface area contributed by atoms with Gasteiger partial charge in [-0.15, -0.1) is 0 Å². The Bertz CT molecular complexity index is 1030. The number of carbonyl (C=O) groups is 1. The molecule has 1 aliphatic heterocycles. The van der Waals surface area contributed by atoms with Crippen molar-refractivity contribution in [3.8, 4) is 0 Å². The zero-order valence-corrected chi connectivity index (χ0v) is 19.4. The van der Waals surface area contributed by atoms with Crippen LogP contribution in [0, 0.1) is 6.92 Å². The van der Waals surface area contributed by atoms with Crippen molar-refractivity contribution in [2.75, 3.05) is 0 Å². The summed E-state index contributed by atoms with van der Waals surface area (Å²) in [6, 6.07) is 4.98. The summed E-state index contributed by atoms with van der Waals surface area (Å²) >= 11 is 0. The third kappa shape index (κ3) is 5.50. The van der Waals surface area contributed by atoms with Gasteiger partial charge in [-0.05, 0) is 72.7 Å². The lowest BCUT2D eigenvalue weighted by atomic mass is 9.94. The van der Waals surface area contributed by atoms with E-state index in [2.05, 4.69) is 13.0 Å². The predicted molar refractivity (Wildman–Crippen MR) is 115 cm³/mol. The Morgan fingerprint density at radius 1 is 0.882 bits per heavy atom. The van der Waals surface area contributed by atoms with Crippen LogP contribution in [0.3, 0.4) is 0 Å². The lowest BCUT2D eigenvalue weighted by molar-refractivity contribution is -0.143. The lowest BCUT2D eigenvalue weighted by Crippen LogP contribution is -2.44. The highest BCUT2D eigenvalue weighted by Gasteiger charge is 2.40. The molecule has 2 aromatic rings. The summed E-state index contributed by atoms with van der Waals surface area (Å²) in [5.41, 5.74) is 1.15. The standard InChI is InChI=1S/C25H27F6NO2/c1-5-16-7-14(3)19(9-17(16)6-2)13-32-15(4)8-22(34-23(32)33)18-10-20(24(26,27)28)12-21(11-18)25(29,30)31/h7,9-12,15,22H,5-6,8,13H2,1-4H3/t15?,22-/m0/s1. The Hall–Kier alpha value is -2.71. The Morgan fingerprint density at radius 3 is 1.88 bits per heavy atom. The SMILES string of the molecule is CCc1cc(C)c(CN2C(=O)O[C@H](c3cc(C(F)(F)F)cc(C(F)(F)F)c3)CC2C)cc1CC. The Balaban J connectivity index is 1.88. The molecule has 2 aromatic carbocycles. The van der Waals surface area contributed by atoms with Crippen LogP contribution in [0.5, 0.6) is 0 Å². The van der Waals surface area contributed by atoms with Gasteiger partial charge in [0.15, 0.2) is 0 Å². The van der Waals surface area contributed by atoms with E-state index in [1.54, 1.807) is 6.92 Å². The van der Waals surface area contributed by atoms with Crippen molar-refractivity contribution in [3.63, 3.8) is 0 Å². The minimum atomic E-state index is -4.97. The number of hydrogen-bond donors (Lipinski definition) is 0. The molecule has 0 aromatic heterocycles. The number of amides is 1. The summed E-state index contributed by atoms with van der Waals surface area (Å²) in [5.74, 6) is 0. The van der Waals surface area contributed by atoms with Crippen molar-refractivity contribution in [3.05, 3.63) is 69.3 Å². The highest BCUT2D eigenvalue weighted by atomic mass is 19.4. The average Bonchev–Trinajstić information content (AvgIpc) is 2.75. The molecule has 3 rings (SSSR count). The van der Waals surface area contributed by atoms with E-state index in [0.717, 1.165) is 24.0 Å². The number of benzene rings is 2. The van der Waals surface area contributed by atoms with Crippen LogP contribution < -0.4 is 0 Å². The first-order valence-electron chi connectivity index (χ1n) is 11.1. The molecular formula is C25H27F6NO2. The second kappa shape index (κ2) is 9.50. The summed E-state index contributed by atoms with van der Waals surface area (Å²) in [6.07, 6.45) is -10.1. The third-order valence-electron chi connectivity index (χ3n) is 6.31. The van der Waals surface area contributed by atoms with Gasteiger partial charge in [-0.25, -0.2) is 4.79 Å². The normalized spacial score (nSPS) is 19.4. The number of ether oxygens (including phenoxy) is 1. The van der Waals surface area contributed by atoms with Gasteiger partial charge in [0, 0.05) is 19.0 Å². The molecule has 0 aliphatic carbocycles. The van der Waals surface area contributed by atoms with Gasteiger partial charge in [-0.1, -0.05) is 26.0 Å². The molecule has 0 N–H and O–H groups in total. The average molecular weight is 487 g/mol. The second-order valence-corrected chi connectivity index (χ2v) is 8.68. The maximum absolute atomic E-state index is 13.2. The second-order valence-electron chi connectivity index (χ2n) is 8.68. The quantitative estimate of drug-likeness (QED) is 0.406. The molecule has 0 bridgehead atoms. The van der Waals surface area contributed by atoms with Gasteiger partial charge < -0.3 is 9.64 Å². The van der Waals surface area contributed by atoms with Crippen LogP contribution in [0.1, 0.15) is 72.2 Å². The number of carbonyl (C=O) groups excluding carboxylic acids is 1. The van der Waals surface area contributed by atoms with Crippen molar-refractivity contribution in [1.29, 1.82) is 0 Å². The number of aryl methyl sites for hydroxylation is 3. The van der Waals surface area contributed by atoms with Crippen LogP contribution >= 0.6 is 0 Å². The zero-order valence-electron chi connectivity index (χ0n) is 19.4. The summed E-state index contributed by atoms with van der Waals surface area (Å²) < 4.78 is 84.7. The lowest BCUT2D eigenvalue weighted by Gasteiger charge is -2.38. The monoisotopic (exact) mass is 487 g/mol. The van der Waals surface area contributed by atoms with E-state index >= 15 is 0 Å². The van der Waals surface area contributed by atoms with E-state index in [9.17, 15) is 31.1 Å². The fourth-order valence-corrected chi connectivity index (χ4v) is 4.32. The summed E-state index contributed by atoms with van der Waals surface area (Å²) in [4.78, 5) is 14.3. The molecule has 1 saturated heterocycles. The molecule has 0 radical (unpaired) electrons. The number of rotatable bonds is 5. The molecule has 1 aliphatic rings. The minimum Gasteiger partial charge on any atom is -0.441 e. The van der Waals surface area contributed by atoms with Gasteiger partial charge in [-0.3, -0.25) is 0 Å². The molecule has 1 heterocycles. The molecular weight excluding hydrogens is 460 g/mol. The van der Waals surface area contributed by atoms with E-state index in [1.807, 2.05) is 19.9 Å². The maximum Gasteiger partial charge on any atom is 0.416 e. The maximum atomic E-state index is 13.2. The molecule has 3 nitrogen and oxygen atoms in total. The Kier molecular flexibility index (Phi) is 7.24. The Morgan fingerprint density at radius 2 is 1.41 bits per heavy atom. The van der Waals surface area contributed by atoms with E-state index in [1.165, 1.54) is 16.0 Å². The largest absolute Gasteiger partial charge is 0.441 e. The van der Waals surface area contributed by atoms with E-state index < -0.39 is 41.7 Å². The number of halogens is 6. The van der Waals surface area contributed by atoms with Gasteiger partial charge in [0.05, 0.1) is 11.1 Å². The summed E-state index contributed by atoms with van der Waals surface area (Å²) in [6.45, 7) is 8.00. The number of hydrogen-bond acceptors (Lipinski definition) is 2. The van der Waals surface area contributed by atoms with E-state index in [0.29, 0.717) is 12.1 Å². The van der Waals surface area contributed by atoms with Gasteiger partial charge in [-0.2, -0.15) is 26.3 Å². The first-order chi connectivity index (χ1) is 15.7. The van der Waals surface area contributed by atoms with Crippen molar-refractivity contribution in [2.24, 2.45) is 0 Å². The highest BCUT2D eigenvalue weighted by Crippen LogP contribution is 2.40. The predicted octanol–water partition coefficient (Wildman–Crippen LogP) is 7.63. The van der Waals surface area contributed by atoms with E-state index in [4.69, 9.17) is 4.74 Å². The van der Waals surface area contributed by atoms with Gasteiger partial charge in [0.1, 0.15) is 6.10 Å². The molecule has 9 heteroatoms. The van der Waals surface area contributed by atoms with E-state index in [-0.39, 0.29) is 24.6 Å². The van der Waals surface area contributed by atoms with Crippen molar-refractivity contribution in [1.82, 2.24) is 4.90 Å². The zero-order chi connectivity index (χ0) is 25.4. The van der Waals surface area contributed by atoms with Gasteiger partial charge >= 0.3 is 18.4 Å². The van der Waals surface area contributed by atoms with Crippen molar-refractivity contribution < 1.29 is 35.9 Å². The Labute approximate surface area is 194 Å². The third-order valence-corrected chi connectivity index (χ3v) is 6.31. The number of nitrogens with zero attached hydrogens (tertiary/aromatic N) is 1. The van der Waals surface area contributed by atoms with Crippen molar-refractivity contribution in [2.45, 2.75) is 78.0 Å². The molecule has 0 saturated carbocycles. The van der Waals surface area contributed by atoms with Crippen LogP contribution in [0.2, 0.25) is 0 Å². The molecule has 2 atom stereocenters. The van der Waals surface area contributed by atoms with Gasteiger partial charge in [0.2, 0.25) is 0 Å². The number of alkyl halides is 6. The summed E-state index contributed by atoms with van der Waals surface area (Å²) in [7, 11) is 0. The van der Waals surface area contributed by atoms with Crippen LogP contribution in [-0.2, 0) is 36.5 Å². The van der Waals surface area contributed by atoms with Crippen LogP contribution in [0.15, 0.2) is 30.3 Å². The van der Waals surface area contributed by atoms with Crippen LogP contribution in [-0.4, -0.2) is 17.0 Å². The molecule has 1 amide bonds. The molecule has 34 heavy (non-hydrogen) atoms. The van der Waals surface area contributed by atoms with Crippen LogP contribution in [0.4, 0.5) is 31.1 Å². The summed E-state index contributed by atoms with van der Waals surface area (Å²) in [5, 5.41) is 0. The smallest absolute Gasteiger partial charge is 0.416 e. The molecule has 1 fully saturated rings. The molecule has 1 unspecified atom stereocenters. The number of cyclic esters (lactones) is 1. The molecule has 186 valence electrons. The topological polar surface area (TPSA) is 29.5 Å². The van der Waals surface area contributed by atoms with Crippen LogP contribution in [0.25, 0.3) is 0 Å². The van der Waals surface area contributed by atoms with Crippen molar-refractivity contribution >= 4 is 6.09 Å². The molecule has 0 spiro atoms. The fraction of sp³-hybridized carbons (Fsp3) is 0.480. The van der Waals surface area contributed by atoms with Gasteiger partial charge in [0.25, 0.3) is 0 Å². The first kappa shape index (κ1) is 25.9. The fourth-order valence-electron chi connectivity index (χ4n) is 4.32. The highest BCUT2D eigenvalue weighted by molar-refractivity contribution is 5.69.